The van der Waals surface area contributed by atoms with Crippen LogP contribution in [0.3, 0.4) is 0 Å². The van der Waals surface area contributed by atoms with E-state index < -0.39 is 5.41 Å². The third-order valence-electron chi connectivity index (χ3n) is 3.22. The van der Waals surface area contributed by atoms with Crippen LogP contribution in [0.25, 0.3) is 0 Å². The van der Waals surface area contributed by atoms with Crippen molar-refractivity contribution < 1.29 is 0 Å². The molecule has 1 saturated heterocycles. The molecule has 82 valence electrons. The maximum Gasteiger partial charge on any atom is 0.146 e. The second kappa shape index (κ2) is 5.73. The fourth-order valence-electron chi connectivity index (χ4n) is 1.99. The molecule has 3 heteroatoms. The fourth-order valence-corrected chi connectivity index (χ4v) is 1.99. The summed E-state index contributed by atoms with van der Waals surface area (Å²) in [5, 5.41) is 17.9. The van der Waals surface area contributed by atoms with Gasteiger partial charge in [0.15, 0.2) is 0 Å². The maximum absolute atomic E-state index is 8.95. The molecule has 0 aromatic rings. The van der Waals surface area contributed by atoms with Gasteiger partial charge in [0, 0.05) is 13.1 Å². The van der Waals surface area contributed by atoms with E-state index in [2.05, 4.69) is 24.0 Å². The number of unbranched alkanes of at least 4 members (excludes halogenated alkanes) is 2. The number of nitriles is 2. The first-order valence-electron chi connectivity index (χ1n) is 5.81. The topological polar surface area (TPSA) is 50.8 Å². The normalized spacial score (nSPS) is 20.5. The van der Waals surface area contributed by atoms with Crippen molar-refractivity contribution in [2.24, 2.45) is 5.41 Å². The van der Waals surface area contributed by atoms with Crippen molar-refractivity contribution in [3.8, 4) is 12.1 Å². The molecule has 0 bridgehead atoms. The number of likely N-dealkylation sites (tertiary alicyclic amines) is 1. The van der Waals surface area contributed by atoms with Gasteiger partial charge in [-0.15, -0.1) is 0 Å². The minimum absolute atomic E-state index is 0.693. The second-order valence-corrected chi connectivity index (χ2v) is 4.35. The van der Waals surface area contributed by atoms with Crippen LogP contribution in [0.2, 0.25) is 0 Å². The highest BCUT2D eigenvalue weighted by Crippen LogP contribution is 2.29. The van der Waals surface area contributed by atoms with Gasteiger partial charge in [0.05, 0.1) is 12.1 Å². The Morgan fingerprint density at radius 3 is 2.20 bits per heavy atom. The monoisotopic (exact) mass is 205 g/mol. The highest BCUT2D eigenvalue weighted by Gasteiger charge is 2.34. The number of rotatable bonds is 4. The first-order chi connectivity index (χ1) is 7.26. The van der Waals surface area contributed by atoms with Gasteiger partial charge in [-0.2, -0.15) is 10.5 Å². The molecule has 0 aliphatic carbocycles. The molecule has 3 nitrogen and oxygen atoms in total. The van der Waals surface area contributed by atoms with E-state index in [0.29, 0.717) is 12.8 Å². The Balaban J connectivity index is 2.30. The Morgan fingerprint density at radius 1 is 1.13 bits per heavy atom. The summed E-state index contributed by atoms with van der Waals surface area (Å²) in [7, 11) is 0. The minimum atomic E-state index is -0.693. The molecule has 0 unspecified atom stereocenters. The molecule has 0 atom stereocenters. The largest absolute Gasteiger partial charge is 0.303 e. The molecular weight excluding hydrogens is 186 g/mol. The molecule has 0 radical (unpaired) electrons. The Bertz CT molecular complexity index is 248. The van der Waals surface area contributed by atoms with Gasteiger partial charge in [-0.3, -0.25) is 0 Å². The molecule has 0 amide bonds. The van der Waals surface area contributed by atoms with Gasteiger partial charge < -0.3 is 4.90 Å². The van der Waals surface area contributed by atoms with E-state index in [1.165, 1.54) is 19.3 Å². The van der Waals surface area contributed by atoms with Crippen molar-refractivity contribution in [2.75, 3.05) is 19.6 Å². The van der Waals surface area contributed by atoms with Crippen molar-refractivity contribution in [1.82, 2.24) is 4.90 Å². The van der Waals surface area contributed by atoms with Gasteiger partial charge in [-0.1, -0.05) is 19.8 Å². The van der Waals surface area contributed by atoms with Crippen LogP contribution in [0, 0.1) is 28.1 Å². The van der Waals surface area contributed by atoms with Crippen molar-refractivity contribution >= 4 is 0 Å². The third kappa shape index (κ3) is 3.22. The van der Waals surface area contributed by atoms with Crippen LogP contribution in [-0.4, -0.2) is 24.5 Å². The molecule has 1 fully saturated rings. The third-order valence-corrected chi connectivity index (χ3v) is 3.22. The highest BCUT2D eigenvalue weighted by atomic mass is 15.1. The quantitative estimate of drug-likeness (QED) is 0.662. The van der Waals surface area contributed by atoms with Gasteiger partial charge >= 0.3 is 0 Å². The second-order valence-electron chi connectivity index (χ2n) is 4.35. The van der Waals surface area contributed by atoms with Crippen LogP contribution in [0.5, 0.6) is 0 Å². The Labute approximate surface area is 92.3 Å². The van der Waals surface area contributed by atoms with Gasteiger partial charge in [0.1, 0.15) is 5.41 Å². The zero-order valence-corrected chi connectivity index (χ0v) is 9.50. The molecule has 1 heterocycles. The predicted octanol–water partition coefficient (Wildman–Crippen LogP) is 2.31. The Morgan fingerprint density at radius 2 is 1.73 bits per heavy atom. The van der Waals surface area contributed by atoms with E-state index in [0.717, 1.165) is 19.6 Å². The summed E-state index contributed by atoms with van der Waals surface area (Å²) < 4.78 is 0. The number of hydrogen-bond acceptors (Lipinski definition) is 3. The summed E-state index contributed by atoms with van der Waals surface area (Å²) in [5.41, 5.74) is -0.693. The van der Waals surface area contributed by atoms with Crippen molar-refractivity contribution in [3.05, 3.63) is 0 Å². The van der Waals surface area contributed by atoms with E-state index in [4.69, 9.17) is 10.5 Å². The lowest BCUT2D eigenvalue weighted by Gasteiger charge is -2.33. The van der Waals surface area contributed by atoms with Crippen LogP contribution < -0.4 is 0 Å². The Kier molecular flexibility index (Phi) is 4.59. The van der Waals surface area contributed by atoms with Crippen LogP contribution in [0.15, 0.2) is 0 Å². The van der Waals surface area contributed by atoms with E-state index >= 15 is 0 Å². The maximum atomic E-state index is 8.95. The molecule has 0 spiro atoms. The molecule has 0 saturated carbocycles. The predicted molar refractivity (Wildman–Crippen MR) is 58.9 cm³/mol. The molecule has 1 aliphatic rings. The summed E-state index contributed by atoms with van der Waals surface area (Å²) in [6, 6.07) is 4.33. The highest BCUT2D eigenvalue weighted by molar-refractivity contribution is 5.15. The molecular formula is C12H19N3. The fraction of sp³-hybridized carbons (Fsp3) is 0.833. The number of piperidine rings is 1. The summed E-state index contributed by atoms with van der Waals surface area (Å²) in [4.78, 5) is 2.38. The summed E-state index contributed by atoms with van der Waals surface area (Å²) in [5.74, 6) is 0. The molecule has 1 rings (SSSR count). The summed E-state index contributed by atoms with van der Waals surface area (Å²) >= 11 is 0. The van der Waals surface area contributed by atoms with Crippen LogP contribution in [-0.2, 0) is 0 Å². The Hall–Kier alpha value is -1.06. The SMILES string of the molecule is CCCCCN1CCC(C#N)(C#N)CC1. The minimum Gasteiger partial charge on any atom is -0.303 e. The average molecular weight is 205 g/mol. The molecule has 0 aromatic carbocycles. The van der Waals surface area contributed by atoms with Crippen molar-refractivity contribution in [3.63, 3.8) is 0 Å². The number of nitrogens with zero attached hydrogens (tertiary/aromatic N) is 3. The van der Waals surface area contributed by atoms with E-state index in [-0.39, 0.29) is 0 Å². The molecule has 1 aliphatic heterocycles. The van der Waals surface area contributed by atoms with Gasteiger partial charge in [-0.05, 0) is 25.8 Å². The lowest BCUT2D eigenvalue weighted by atomic mass is 9.81. The van der Waals surface area contributed by atoms with E-state index in [1.54, 1.807) is 0 Å². The molecule has 0 N–H and O–H groups in total. The lowest BCUT2D eigenvalue weighted by molar-refractivity contribution is 0.174. The van der Waals surface area contributed by atoms with Crippen molar-refractivity contribution in [2.45, 2.75) is 39.0 Å². The zero-order chi connectivity index (χ0) is 11.1. The van der Waals surface area contributed by atoms with Crippen LogP contribution >= 0.6 is 0 Å². The smallest absolute Gasteiger partial charge is 0.146 e. The average Bonchev–Trinajstić information content (AvgIpc) is 2.31. The van der Waals surface area contributed by atoms with E-state index in [9.17, 15) is 0 Å². The summed E-state index contributed by atoms with van der Waals surface area (Å²) in [6.07, 6.45) is 5.19. The first-order valence-corrected chi connectivity index (χ1v) is 5.81. The summed E-state index contributed by atoms with van der Waals surface area (Å²) in [6.45, 7) is 5.14. The zero-order valence-electron chi connectivity index (χ0n) is 9.50. The van der Waals surface area contributed by atoms with Gasteiger partial charge in [0.25, 0.3) is 0 Å². The van der Waals surface area contributed by atoms with E-state index in [1.807, 2.05) is 0 Å². The van der Waals surface area contributed by atoms with Crippen molar-refractivity contribution in [1.29, 1.82) is 10.5 Å². The van der Waals surface area contributed by atoms with Gasteiger partial charge in [-0.25, -0.2) is 0 Å². The molecule has 0 aromatic heterocycles. The van der Waals surface area contributed by atoms with Crippen LogP contribution in [0.4, 0.5) is 0 Å². The standard InChI is InChI=1S/C12H19N3/c1-2-3-4-7-15-8-5-12(10-13,11-14)6-9-15/h2-9H2,1H3. The van der Waals surface area contributed by atoms with Crippen LogP contribution in [0.1, 0.15) is 39.0 Å². The van der Waals surface area contributed by atoms with Gasteiger partial charge in [0.2, 0.25) is 0 Å². The number of hydrogen-bond donors (Lipinski definition) is 0. The molecule has 15 heavy (non-hydrogen) atoms. The first kappa shape index (κ1) is 12.0. The lowest BCUT2D eigenvalue weighted by Crippen LogP contribution is -2.39.